The third-order valence-corrected chi connectivity index (χ3v) is 13.2. The largest absolute Gasteiger partial charge is 0.309 e. The Morgan fingerprint density at radius 3 is 2.02 bits per heavy atom. The van der Waals surface area contributed by atoms with Crippen molar-refractivity contribution in [2.75, 3.05) is 0 Å². The van der Waals surface area contributed by atoms with Crippen LogP contribution >= 0.6 is 11.3 Å². The number of nitrogens with zero attached hydrogens (tertiary/aromatic N) is 2. The molecule has 0 saturated heterocycles. The molecule has 3 heterocycles. The summed E-state index contributed by atoms with van der Waals surface area (Å²) in [5.74, 6) is 0. The minimum atomic E-state index is -0.0343. The molecule has 1 atom stereocenters. The van der Waals surface area contributed by atoms with Crippen LogP contribution in [0.3, 0.4) is 0 Å². The first-order chi connectivity index (χ1) is 27.5. The van der Waals surface area contributed by atoms with Crippen molar-refractivity contribution in [1.82, 2.24) is 9.13 Å². The van der Waals surface area contributed by atoms with Gasteiger partial charge in [-0.25, -0.2) is 0 Å². The molecule has 56 heavy (non-hydrogen) atoms. The maximum atomic E-state index is 4.13. The van der Waals surface area contributed by atoms with Crippen LogP contribution in [-0.2, 0) is 0 Å². The average molecular weight is 735 g/mol. The first kappa shape index (κ1) is 32.7. The minimum Gasteiger partial charge on any atom is -0.309 e. The standard InChI is InChI=1S/C53H38N2S/c1-4-34-13-10-14-35(29-34)36-22-25-48-43(30-36)40-16-6-8-19-46(40)54(48)39-24-27-51-45(32-39)42-18-11-21-50(52(42)56-51)55-47-20-9-7-17-41(47)44-31-37(23-26-49(44)55)38-15-12-28-53(3,5-2)33-38/h4-32H,1-2,33H2,3H3. The normalized spacial score (nSPS) is 15.8. The van der Waals surface area contributed by atoms with Crippen LogP contribution in [0.15, 0.2) is 183 Å². The average Bonchev–Trinajstić information content (AvgIpc) is 3.90. The highest BCUT2D eigenvalue weighted by atomic mass is 32.1. The number of rotatable bonds is 6. The Balaban J connectivity index is 1.07. The van der Waals surface area contributed by atoms with Gasteiger partial charge in [0.15, 0.2) is 0 Å². The summed E-state index contributed by atoms with van der Waals surface area (Å²) in [6, 6.07) is 53.9. The molecule has 0 fully saturated rings. The van der Waals surface area contributed by atoms with Crippen molar-refractivity contribution in [3.05, 3.63) is 194 Å². The molecular formula is C53H38N2S. The summed E-state index contributed by atoms with van der Waals surface area (Å²) in [5.41, 5.74) is 13.3. The van der Waals surface area contributed by atoms with Crippen molar-refractivity contribution in [1.29, 1.82) is 0 Å². The predicted molar refractivity (Wildman–Crippen MR) is 244 cm³/mol. The van der Waals surface area contributed by atoms with E-state index in [1.165, 1.54) is 97.4 Å². The molecule has 0 bridgehead atoms. The van der Waals surface area contributed by atoms with E-state index in [0.29, 0.717) is 0 Å². The Morgan fingerprint density at radius 1 is 0.571 bits per heavy atom. The smallest absolute Gasteiger partial charge is 0.0640 e. The van der Waals surface area contributed by atoms with E-state index in [-0.39, 0.29) is 5.41 Å². The van der Waals surface area contributed by atoms with E-state index in [1.54, 1.807) is 0 Å². The van der Waals surface area contributed by atoms with Crippen LogP contribution < -0.4 is 0 Å². The van der Waals surface area contributed by atoms with E-state index in [0.717, 1.165) is 12.0 Å². The van der Waals surface area contributed by atoms with Crippen molar-refractivity contribution >= 4 is 86.8 Å². The number of hydrogen-bond acceptors (Lipinski definition) is 1. The summed E-state index contributed by atoms with van der Waals surface area (Å²) in [6.45, 7) is 10.4. The van der Waals surface area contributed by atoms with Gasteiger partial charge in [0.05, 0.1) is 32.5 Å². The first-order valence-electron chi connectivity index (χ1n) is 19.3. The van der Waals surface area contributed by atoms with E-state index in [2.05, 4.69) is 199 Å². The first-order valence-corrected chi connectivity index (χ1v) is 20.1. The zero-order valence-electron chi connectivity index (χ0n) is 31.2. The molecule has 0 radical (unpaired) electrons. The monoisotopic (exact) mass is 734 g/mol. The van der Waals surface area contributed by atoms with Crippen LogP contribution in [0.25, 0.3) is 97.9 Å². The van der Waals surface area contributed by atoms with Crippen molar-refractivity contribution in [2.45, 2.75) is 13.3 Å². The fourth-order valence-corrected chi connectivity index (χ4v) is 10.2. The van der Waals surface area contributed by atoms with Crippen LogP contribution in [0.1, 0.15) is 24.5 Å². The molecule has 266 valence electrons. The van der Waals surface area contributed by atoms with Gasteiger partial charge in [-0.05, 0) is 101 Å². The third-order valence-electron chi connectivity index (χ3n) is 11.9. The lowest BCUT2D eigenvalue weighted by atomic mass is 9.78. The summed E-state index contributed by atoms with van der Waals surface area (Å²) >= 11 is 1.88. The van der Waals surface area contributed by atoms with Crippen LogP contribution in [0.2, 0.25) is 0 Å². The molecule has 0 saturated carbocycles. The van der Waals surface area contributed by atoms with Crippen LogP contribution in [0, 0.1) is 5.41 Å². The van der Waals surface area contributed by atoms with Gasteiger partial charge in [-0.2, -0.15) is 0 Å². The number of para-hydroxylation sites is 2. The molecular weight excluding hydrogens is 697 g/mol. The van der Waals surface area contributed by atoms with Crippen LogP contribution in [0.5, 0.6) is 0 Å². The number of benzene rings is 7. The number of fused-ring (bicyclic) bond motifs is 9. The lowest BCUT2D eigenvalue weighted by molar-refractivity contribution is 0.567. The van der Waals surface area contributed by atoms with E-state index < -0.39 is 0 Å². The molecule has 2 nitrogen and oxygen atoms in total. The summed E-state index contributed by atoms with van der Waals surface area (Å²) in [7, 11) is 0. The van der Waals surface area contributed by atoms with Gasteiger partial charge in [-0.1, -0.05) is 123 Å². The molecule has 1 unspecified atom stereocenters. The SMILES string of the molecule is C=Cc1cccc(-c2ccc3c(c2)c2ccccc2n3-c2ccc3sc4c(-n5c6ccccc6c6cc(C7=CC=CC(C)(C=C)C7)ccc65)cccc4c3c2)c1. The van der Waals surface area contributed by atoms with Gasteiger partial charge in [0, 0.05) is 48.1 Å². The molecule has 10 aromatic rings. The number of allylic oxidation sites excluding steroid dienone is 5. The van der Waals surface area contributed by atoms with Crippen molar-refractivity contribution in [2.24, 2.45) is 5.41 Å². The van der Waals surface area contributed by atoms with E-state index in [1.807, 2.05) is 17.4 Å². The van der Waals surface area contributed by atoms with Crippen molar-refractivity contribution < 1.29 is 0 Å². The quantitative estimate of drug-likeness (QED) is 0.151. The molecule has 11 rings (SSSR count). The Bertz CT molecular complexity index is 3340. The van der Waals surface area contributed by atoms with Crippen LogP contribution in [0.4, 0.5) is 0 Å². The maximum Gasteiger partial charge on any atom is 0.0640 e. The van der Waals surface area contributed by atoms with Crippen molar-refractivity contribution in [3.63, 3.8) is 0 Å². The maximum absolute atomic E-state index is 4.13. The molecule has 1 aliphatic rings. The molecule has 3 heteroatoms. The Kier molecular flexibility index (Phi) is 7.26. The molecule has 0 amide bonds. The second-order valence-electron chi connectivity index (χ2n) is 15.4. The van der Waals surface area contributed by atoms with Gasteiger partial charge in [-0.15, -0.1) is 17.9 Å². The topological polar surface area (TPSA) is 9.86 Å². The Hall–Kier alpha value is -6.68. The zero-order valence-corrected chi connectivity index (χ0v) is 32.0. The second kappa shape index (κ2) is 12.4. The predicted octanol–water partition coefficient (Wildman–Crippen LogP) is 15.1. The van der Waals surface area contributed by atoms with Gasteiger partial charge in [0.1, 0.15) is 0 Å². The van der Waals surface area contributed by atoms with Gasteiger partial charge >= 0.3 is 0 Å². The van der Waals surface area contributed by atoms with Gasteiger partial charge in [0.2, 0.25) is 0 Å². The lowest BCUT2D eigenvalue weighted by Gasteiger charge is -2.26. The van der Waals surface area contributed by atoms with Gasteiger partial charge < -0.3 is 9.13 Å². The zero-order chi connectivity index (χ0) is 37.5. The summed E-state index contributed by atoms with van der Waals surface area (Å²) < 4.78 is 7.49. The molecule has 3 aromatic heterocycles. The lowest BCUT2D eigenvalue weighted by Crippen LogP contribution is -2.12. The van der Waals surface area contributed by atoms with E-state index in [4.69, 9.17) is 0 Å². The summed E-state index contributed by atoms with van der Waals surface area (Å²) in [4.78, 5) is 0. The number of aromatic nitrogens is 2. The molecule has 0 N–H and O–H groups in total. The summed E-state index contributed by atoms with van der Waals surface area (Å²) in [6.07, 6.45) is 11.6. The highest BCUT2D eigenvalue weighted by molar-refractivity contribution is 7.26. The number of thiophene rings is 1. The molecule has 7 aromatic carbocycles. The summed E-state index contributed by atoms with van der Waals surface area (Å²) in [5, 5.41) is 7.60. The second-order valence-corrected chi connectivity index (χ2v) is 16.4. The fourth-order valence-electron chi connectivity index (χ4n) is 9.05. The third kappa shape index (κ3) is 4.94. The Morgan fingerprint density at radius 2 is 1.23 bits per heavy atom. The van der Waals surface area contributed by atoms with E-state index >= 15 is 0 Å². The van der Waals surface area contributed by atoms with Gasteiger partial charge in [0.25, 0.3) is 0 Å². The molecule has 0 spiro atoms. The van der Waals surface area contributed by atoms with Crippen LogP contribution in [-0.4, -0.2) is 9.13 Å². The molecule has 0 aliphatic heterocycles. The van der Waals surface area contributed by atoms with E-state index in [9.17, 15) is 0 Å². The fraction of sp³-hybridized carbons (Fsp3) is 0.0566. The number of hydrogen-bond donors (Lipinski definition) is 0. The van der Waals surface area contributed by atoms with Crippen molar-refractivity contribution in [3.8, 4) is 22.5 Å². The highest BCUT2D eigenvalue weighted by Gasteiger charge is 2.23. The van der Waals surface area contributed by atoms with Gasteiger partial charge in [-0.3, -0.25) is 0 Å². The Labute approximate surface area is 329 Å². The highest BCUT2D eigenvalue weighted by Crippen LogP contribution is 2.44. The molecule has 1 aliphatic carbocycles. The minimum absolute atomic E-state index is 0.0343.